The molecule has 0 aromatic carbocycles. The van der Waals surface area contributed by atoms with Gasteiger partial charge in [-0.25, -0.2) is 0 Å². The van der Waals surface area contributed by atoms with E-state index in [0.29, 0.717) is 6.42 Å². The standard InChI is InChI=1S/C28H51NO9/c1-13-11-28(8,35)12-14(2)25(37-21-10-20(29-9)24(33)19(7)36-21)17(5)27(34)38-26(18(6)30)16(4)23(32)15(3)22(13)31/h13-21,23-26,29-30,32-33,35H,10-12H2,1-9H3/t13-,14-,15+,16-,17-,18?,19?,20?,21?,23-,24?,25?,26?,28-/m1/s1. The van der Waals surface area contributed by atoms with Gasteiger partial charge in [0.2, 0.25) is 0 Å². The van der Waals surface area contributed by atoms with Crippen molar-refractivity contribution >= 4 is 11.8 Å². The number of aliphatic hydroxyl groups is 4. The second kappa shape index (κ2) is 13.5. The van der Waals surface area contributed by atoms with E-state index in [1.807, 2.05) is 6.92 Å². The molecule has 7 unspecified atom stereocenters. The number of hydrogen-bond donors (Lipinski definition) is 5. The van der Waals surface area contributed by atoms with Gasteiger partial charge in [-0.3, -0.25) is 9.59 Å². The fourth-order valence-electron chi connectivity index (χ4n) is 6.29. The summed E-state index contributed by atoms with van der Waals surface area (Å²) in [5.41, 5.74) is -1.24. The van der Waals surface area contributed by atoms with Crippen molar-refractivity contribution in [3.63, 3.8) is 0 Å². The van der Waals surface area contributed by atoms with Gasteiger partial charge in [0.25, 0.3) is 0 Å². The summed E-state index contributed by atoms with van der Waals surface area (Å²) in [6.45, 7) is 13.5. The average molecular weight is 546 g/mol. The molecule has 2 rings (SSSR count). The third kappa shape index (κ3) is 7.96. The van der Waals surface area contributed by atoms with Crippen molar-refractivity contribution in [2.75, 3.05) is 7.05 Å². The molecule has 5 N–H and O–H groups in total. The molecule has 2 aliphatic rings. The summed E-state index contributed by atoms with van der Waals surface area (Å²) < 4.78 is 18.1. The monoisotopic (exact) mass is 545 g/mol. The smallest absolute Gasteiger partial charge is 0.311 e. The molecular formula is C28H51NO9. The molecule has 0 bridgehead atoms. The number of esters is 1. The number of likely N-dealkylation sites (N-methyl/N-ethyl adjacent to an activating group) is 1. The molecule has 14 atom stereocenters. The second-order valence-corrected chi connectivity index (χ2v) is 12.2. The summed E-state index contributed by atoms with van der Waals surface area (Å²) in [4.78, 5) is 26.6. The van der Waals surface area contributed by atoms with E-state index in [2.05, 4.69) is 5.32 Å². The van der Waals surface area contributed by atoms with Gasteiger partial charge in [-0.05, 0) is 53.5 Å². The van der Waals surface area contributed by atoms with Gasteiger partial charge in [-0.2, -0.15) is 0 Å². The Hall–Kier alpha value is -1.14. The summed E-state index contributed by atoms with van der Waals surface area (Å²) in [5, 5.41) is 46.2. The highest BCUT2D eigenvalue weighted by Gasteiger charge is 2.44. The maximum absolute atomic E-state index is 13.4. The number of rotatable bonds is 4. The Kier molecular flexibility index (Phi) is 11.7. The summed E-state index contributed by atoms with van der Waals surface area (Å²) in [6.07, 6.45) is -5.18. The molecule has 0 radical (unpaired) electrons. The van der Waals surface area contributed by atoms with Crippen LogP contribution in [0.4, 0.5) is 0 Å². The minimum atomic E-state index is -1.24. The van der Waals surface area contributed by atoms with Crippen molar-refractivity contribution in [2.24, 2.45) is 29.6 Å². The zero-order valence-electron chi connectivity index (χ0n) is 24.5. The van der Waals surface area contributed by atoms with Gasteiger partial charge in [0, 0.05) is 30.2 Å². The Morgan fingerprint density at radius 2 is 1.63 bits per heavy atom. The largest absolute Gasteiger partial charge is 0.459 e. The van der Waals surface area contributed by atoms with Crippen LogP contribution in [0, 0.1) is 29.6 Å². The van der Waals surface area contributed by atoms with Crippen molar-refractivity contribution in [3.05, 3.63) is 0 Å². The average Bonchev–Trinajstić information content (AvgIpc) is 2.83. The molecule has 222 valence electrons. The lowest BCUT2D eigenvalue weighted by atomic mass is 9.76. The Bertz CT molecular complexity index is 790. The SMILES string of the molecule is CNC1CC(OC2[C@H](C)C[C@](C)(O)C[C@@H](C)C(=O)[C@H](C)[C@@H](O)[C@@H](C)C(C(C)O)OC(=O)[C@@H]2C)OC(C)C1O. The summed E-state index contributed by atoms with van der Waals surface area (Å²) in [6, 6.07) is -0.265. The van der Waals surface area contributed by atoms with Crippen LogP contribution in [0.25, 0.3) is 0 Å². The Labute approximate surface area is 227 Å². The highest BCUT2D eigenvalue weighted by molar-refractivity contribution is 5.83. The molecule has 0 aromatic heterocycles. The Morgan fingerprint density at radius 3 is 2.18 bits per heavy atom. The number of cyclic esters (lactones) is 1. The van der Waals surface area contributed by atoms with Gasteiger partial charge in [0.05, 0.1) is 42.0 Å². The molecule has 0 amide bonds. The molecule has 2 fully saturated rings. The highest BCUT2D eigenvalue weighted by Crippen LogP contribution is 2.35. The second-order valence-electron chi connectivity index (χ2n) is 12.2. The first kappa shape index (κ1) is 33.1. The van der Waals surface area contributed by atoms with Crippen LogP contribution in [0.2, 0.25) is 0 Å². The van der Waals surface area contributed by atoms with Crippen molar-refractivity contribution in [1.29, 1.82) is 0 Å². The molecule has 0 aromatic rings. The number of ether oxygens (including phenoxy) is 3. The quantitative estimate of drug-likeness (QED) is 0.328. The van der Waals surface area contributed by atoms with Crippen LogP contribution in [0.5, 0.6) is 0 Å². The van der Waals surface area contributed by atoms with Crippen LogP contribution >= 0.6 is 0 Å². The van der Waals surface area contributed by atoms with Crippen molar-refractivity contribution in [3.8, 4) is 0 Å². The van der Waals surface area contributed by atoms with Gasteiger partial charge in [-0.1, -0.05) is 27.7 Å². The lowest BCUT2D eigenvalue weighted by molar-refractivity contribution is -0.256. The number of ketones is 1. The zero-order valence-corrected chi connectivity index (χ0v) is 24.5. The third-order valence-corrected chi connectivity index (χ3v) is 8.55. The molecule has 2 aliphatic heterocycles. The molecule has 2 heterocycles. The lowest BCUT2D eigenvalue weighted by Gasteiger charge is -2.42. The molecule has 2 saturated heterocycles. The van der Waals surface area contributed by atoms with Crippen molar-refractivity contribution in [2.45, 2.75) is 129 Å². The fourth-order valence-corrected chi connectivity index (χ4v) is 6.29. The van der Waals surface area contributed by atoms with E-state index in [1.54, 1.807) is 48.6 Å². The number of aliphatic hydroxyl groups excluding tert-OH is 3. The number of hydrogen-bond acceptors (Lipinski definition) is 10. The number of Topliss-reactive ketones (excluding diaryl/α,β-unsaturated/α-hetero) is 1. The summed E-state index contributed by atoms with van der Waals surface area (Å²) >= 11 is 0. The van der Waals surface area contributed by atoms with E-state index in [4.69, 9.17) is 14.2 Å². The Balaban J connectivity index is 2.44. The predicted octanol–water partition coefficient (Wildman–Crippen LogP) is 1.40. The van der Waals surface area contributed by atoms with Crippen LogP contribution in [0.1, 0.15) is 74.7 Å². The molecular weight excluding hydrogens is 494 g/mol. The van der Waals surface area contributed by atoms with E-state index in [-0.39, 0.29) is 30.6 Å². The molecule has 10 heteroatoms. The maximum atomic E-state index is 13.4. The van der Waals surface area contributed by atoms with Crippen molar-refractivity contribution in [1.82, 2.24) is 5.32 Å². The van der Waals surface area contributed by atoms with Gasteiger partial charge >= 0.3 is 5.97 Å². The summed E-state index contributed by atoms with van der Waals surface area (Å²) in [5.74, 6) is -3.99. The normalized spacial score (nSPS) is 47.2. The van der Waals surface area contributed by atoms with Crippen LogP contribution in [0.3, 0.4) is 0 Å². The molecule has 10 nitrogen and oxygen atoms in total. The van der Waals surface area contributed by atoms with E-state index in [0.717, 1.165) is 0 Å². The first-order chi connectivity index (χ1) is 17.5. The predicted molar refractivity (Wildman–Crippen MR) is 141 cm³/mol. The first-order valence-electron chi connectivity index (χ1n) is 14.0. The van der Waals surface area contributed by atoms with Gasteiger partial charge in [0.1, 0.15) is 11.9 Å². The van der Waals surface area contributed by atoms with Crippen LogP contribution < -0.4 is 5.32 Å². The molecule has 0 saturated carbocycles. The number of carbonyl (C=O) groups is 2. The minimum Gasteiger partial charge on any atom is -0.459 e. The first-order valence-corrected chi connectivity index (χ1v) is 14.0. The molecule has 0 aliphatic carbocycles. The van der Waals surface area contributed by atoms with E-state index < -0.39 is 78.2 Å². The zero-order chi connectivity index (χ0) is 29.1. The highest BCUT2D eigenvalue weighted by atomic mass is 16.7. The van der Waals surface area contributed by atoms with E-state index in [9.17, 15) is 30.0 Å². The minimum absolute atomic E-state index is 0.179. The topological polar surface area (TPSA) is 155 Å². The van der Waals surface area contributed by atoms with Crippen LogP contribution in [-0.2, 0) is 23.8 Å². The molecule has 38 heavy (non-hydrogen) atoms. The maximum Gasteiger partial charge on any atom is 0.311 e. The van der Waals surface area contributed by atoms with Crippen LogP contribution in [0.15, 0.2) is 0 Å². The van der Waals surface area contributed by atoms with Gasteiger partial charge in [0.15, 0.2) is 6.29 Å². The van der Waals surface area contributed by atoms with Gasteiger partial charge < -0.3 is 40.0 Å². The van der Waals surface area contributed by atoms with Crippen LogP contribution in [-0.4, -0.2) is 93.8 Å². The van der Waals surface area contributed by atoms with E-state index >= 15 is 0 Å². The lowest BCUT2D eigenvalue weighted by Crippen LogP contribution is -2.54. The summed E-state index contributed by atoms with van der Waals surface area (Å²) in [7, 11) is 1.75. The molecule has 0 spiro atoms. The number of carbonyl (C=O) groups excluding carboxylic acids is 2. The van der Waals surface area contributed by atoms with E-state index in [1.165, 1.54) is 6.92 Å². The number of nitrogens with one attached hydrogen (secondary N) is 1. The van der Waals surface area contributed by atoms with Crippen molar-refractivity contribution < 1.29 is 44.2 Å². The third-order valence-electron chi connectivity index (χ3n) is 8.55. The Morgan fingerprint density at radius 1 is 1.03 bits per heavy atom. The fraction of sp³-hybridized carbons (Fsp3) is 0.929. The van der Waals surface area contributed by atoms with Gasteiger partial charge in [-0.15, -0.1) is 0 Å².